The Morgan fingerprint density at radius 2 is 1.58 bits per heavy atom. The van der Waals surface area contributed by atoms with Crippen LogP contribution in [-0.4, -0.2) is 13.0 Å². The average molecular weight is 321 g/mol. The van der Waals surface area contributed by atoms with E-state index in [4.69, 9.17) is 14.5 Å². The van der Waals surface area contributed by atoms with Gasteiger partial charge < -0.3 is 9.47 Å². The molecule has 1 aliphatic heterocycles. The van der Waals surface area contributed by atoms with E-state index in [2.05, 4.69) is 52.0 Å². The second kappa shape index (κ2) is 6.16. The molecule has 0 bridgehead atoms. The second-order valence-corrected chi connectivity index (χ2v) is 6.72. The minimum Gasteiger partial charge on any atom is -0.497 e. The lowest BCUT2D eigenvalue weighted by Gasteiger charge is -2.15. The number of ether oxygens (including phenoxy) is 2. The summed E-state index contributed by atoms with van der Waals surface area (Å²) < 4.78 is 11.3. The van der Waals surface area contributed by atoms with Gasteiger partial charge in [0, 0.05) is 5.56 Å². The van der Waals surface area contributed by atoms with Crippen molar-refractivity contribution in [1.82, 2.24) is 0 Å². The fourth-order valence-electron chi connectivity index (χ4n) is 2.80. The summed E-state index contributed by atoms with van der Waals surface area (Å²) in [6, 6.07) is 14.1. The fourth-order valence-corrected chi connectivity index (χ4v) is 2.80. The summed E-state index contributed by atoms with van der Waals surface area (Å²) in [5, 5.41) is 0. The zero-order valence-electron chi connectivity index (χ0n) is 14.9. The van der Waals surface area contributed by atoms with Gasteiger partial charge in [0.25, 0.3) is 0 Å². The molecule has 0 amide bonds. The van der Waals surface area contributed by atoms with E-state index in [1.165, 1.54) is 0 Å². The molecule has 0 unspecified atom stereocenters. The van der Waals surface area contributed by atoms with Crippen LogP contribution >= 0.6 is 0 Å². The first-order valence-corrected chi connectivity index (χ1v) is 8.11. The van der Waals surface area contributed by atoms with E-state index < -0.39 is 0 Å². The average Bonchev–Trinajstić information content (AvgIpc) is 2.86. The fraction of sp³-hybridized carbons (Fsp3) is 0.286. The van der Waals surface area contributed by atoms with Crippen molar-refractivity contribution in [3.8, 4) is 5.75 Å². The standard InChI is InChI=1S/C21H23NO2/c1-14-7-6-8-15(2)19(14)22-20-21(3,4)13-18(24-20)16-9-11-17(23-5)12-10-16/h6-13H,1-5H3. The molecule has 0 saturated heterocycles. The van der Waals surface area contributed by atoms with Gasteiger partial charge in [0.15, 0.2) is 0 Å². The van der Waals surface area contributed by atoms with Crippen molar-refractivity contribution in [2.24, 2.45) is 10.4 Å². The molecule has 3 rings (SSSR count). The van der Waals surface area contributed by atoms with Crippen molar-refractivity contribution in [1.29, 1.82) is 0 Å². The van der Waals surface area contributed by atoms with Crippen LogP contribution in [0.2, 0.25) is 0 Å². The van der Waals surface area contributed by atoms with Crippen molar-refractivity contribution in [2.45, 2.75) is 27.7 Å². The molecule has 2 aromatic rings. The van der Waals surface area contributed by atoms with Crippen LogP contribution in [0.4, 0.5) is 5.69 Å². The summed E-state index contributed by atoms with van der Waals surface area (Å²) in [6.07, 6.45) is 2.13. The van der Waals surface area contributed by atoms with Crippen LogP contribution in [-0.2, 0) is 4.74 Å². The number of para-hydroxylation sites is 1. The van der Waals surface area contributed by atoms with Crippen molar-refractivity contribution >= 4 is 17.3 Å². The normalized spacial score (nSPS) is 17.5. The molecule has 3 nitrogen and oxygen atoms in total. The van der Waals surface area contributed by atoms with E-state index in [0.29, 0.717) is 0 Å². The molecule has 0 atom stereocenters. The third-order valence-electron chi connectivity index (χ3n) is 4.28. The lowest BCUT2D eigenvalue weighted by Crippen LogP contribution is -2.18. The van der Waals surface area contributed by atoms with E-state index in [-0.39, 0.29) is 5.41 Å². The Labute approximate surface area is 143 Å². The minimum absolute atomic E-state index is 0.246. The van der Waals surface area contributed by atoms with E-state index >= 15 is 0 Å². The smallest absolute Gasteiger partial charge is 0.204 e. The van der Waals surface area contributed by atoms with Crippen molar-refractivity contribution in [2.75, 3.05) is 7.11 Å². The topological polar surface area (TPSA) is 30.8 Å². The van der Waals surface area contributed by atoms with Gasteiger partial charge in [-0.05, 0) is 69.2 Å². The Morgan fingerprint density at radius 1 is 0.958 bits per heavy atom. The zero-order valence-corrected chi connectivity index (χ0v) is 14.9. The number of rotatable bonds is 3. The molecular formula is C21H23NO2. The van der Waals surface area contributed by atoms with E-state index in [1.54, 1.807) is 7.11 Å². The van der Waals surface area contributed by atoms with Crippen LogP contribution in [0.5, 0.6) is 5.75 Å². The van der Waals surface area contributed by atoms with Crippen LogP contribution < -0.4 is 4.74 Å². The molecule has 2 aromatic carbocycles. The molecule has 0 fully saturated rings. The lowest BCUT2D eigenvalue weighted by atomic mass is 9.93. The Hall–Kier alpha value is -2.55. The summed E-state index contributed by atoms with van der Waals surface area (Å²) in [7, 11) is 1.67. The van der Waals surface area contributed by atoms with Gasteiger partial charge in [-0.25, -0.2) is 4.99 Å². The maximum Gasteiger partial charge on any atom is 0.204 e. The first-order valence-electron chi connectivity index (χ1n) is 8.11. The predicted molar refractivity (Wildman–Crippen MR) is 98.8 cm³/mol. The maximum absolute atomic E-state index is 6.12. The molecule has 0 spiro atoms. The Balaban J connectivity index is 1.95. The number of hydrogen-bond donors (Lipinski definition) is 0. The summed E-state index contributed by atoms with van der Waals surface area (Å²) in [5.74, 6) is 2.40. The van der Waals surface area contributed by atoms with Gasteiger partial charge in [0.1, 0.15) is 11.5 Å². The summed E-state index contributed by atoms with van der Waals surface area (Å²) in [5.41, 5.74) is 4.07. The molecule has 1 heterocycles. The van der Waals surface area contributed by atoms with Gasteiger partial charge >= 0.3 is 0 Å². The summed E-state index contributed by atoms with van der Waals surface area (Å²) in [4.78, 5) is 4.84. The number of methoxy groups -OCH3 is 1. The van der Waals surface area contributed by atoms with Crippen molar-refractivity contribution < 1.29 is 9.47 Å². The van der Waals surface area contributed by atoms with Crippen LogP contribution in [0, 0.1) is 19.3 Å². The van der Waals surface area contributed by atoms with E-state index in [1.807, 2.05) is 24.3 Å². The highest BCUT2D eigenvalue weighted by Crippen LogP contribution is 2.38. The van der Waals surface area contributed by atoms with Gasteiger partial charge in [0.05, 0.1) is 18.2 Å². The highest BCUT2D eigenvalue weighted by molar-refractivity contribution is 5.96. The quantitative estimate of drug-likeness (QED) is 0.753. The molecule has 1 aliphatic rings. The molecule has 0 radical (unpaired) electrons. The maximum atomic E-state index is 6.12. The van der Waals surface area contributed by atoms with Gasteiger partial charge in [-0.2, -0.15) is 0 Å². The predicted octanol–water partition coefficient (Wildman–Crippen LogP) is 5.44. The number of aliphatic imine (C=N–C) groups is 1. The number of hydrogen-bond acceptors (Lipinski definition) is 3. The van der Waals surface area contributed by atoms with E-state index in [9.17, 15) is 0 Å². The molecule has 0 aliphatic carbocycles. The molecule has 0 aromatic heterocycles. The van der Waals surface area contributed by atoms with Gasteiger partial charge in [-0.1, -0.05) is 18.2 Å². The number of benzene rings is 2. The third-order valence-corrected chi connectivity index (χ3v) is 4.28. The van der Waals surface area contributed by atoms with Crippen LogP contribution in [0.15, 0.2) is 53.5 Å². The lowest BCUT2D eigenvalue weighted by molar-refractivity contribution is 0.414. The highest BCUT2D eigenvalue weighted by atomic mass is 16.5. The molecular weight excluding hydrogens is 298 g/mol. The monoisotopic (exact) mass is 321 g/mol. The molecule has 0 saturated carbocycles. The SMILES string of the molecule is COc1ccc(C2=CC(C)(C)C(=Nc3c(C)cccc3C)O2)cc1. The van der Waals surface area contributed by atoms with Gasteiger partial charge in [-0.3, -0.25) is 0 Å². The van der Waals surface area contributed by atoms with Crippen LogP contribution in [0.1, 0.15) is 30.5 Å². The van der Waals surface area contributed by atoms with Gasteiger partial charge in [-0.15, -0.1) is 0 Å². The summed E-state index contributed by atoms with van der Waals surface area (Å²) >= 11 is 0. The van der Waals surface area contributed by atoms with Crippen molar-refractivity contribution in [3.63, 3.8) is 0 Å². The first-order chi connectivity index (χ1) is 11.4. The Kier molecular flexibility index (Phi) is 4.18. The number of aryl methyl sites for hydroxylation is 2. The minimum atomic E-state index is -0.246. The van der Waals surface area contributed by atoms with Crippen LogP contribution in [0.25, 0.3) is 5.76 Å². The summed E-state index contributed by atoms with van der Waals surface area (Å²) in [6.45, 7) is 8.39. The molecule has 3 heteroatoms. The Bertz CT molecular complexity index is 794. The first kappa shape index (κ1) is 16.3. The van der Waals surface area contributed by atoms with Crippen molar-refractivity contribution in [3.05, 3.63) is 65.2 Å². The molecule has 0 N–H and O–H groups in total. The third kappa shape index (κ3) is 3.07. The highest BCUT2D eigenvalue weighted by Gasteiger charge is 2.33. The van der Waals surface area contributed by atoms with Crippen LogP contribution in [0.3, 0.4) is 0 Å². The molecule has 24 heavy (non-hydrogen) atoms. The van der Waals surface area contributed by atoms with Gasteiger partial charge in [0.2, 0.25) is 5.90 Å². The second-order valence-electron chi connectivity index (χ2n) is 6.72. The van der Waals surface area contributed by atoms with E-state index in [0.717, 1.165) is 39.8 Å². The Morgan fingerprint density at radius 3 is 2.17 bits per heavy atom. The largest absolute Gasteiger partial charge is 0.497 e. The zero-order chi connectivity index (χ0) is 17.3. The molecule has 124 valence electrons. The number of nitrogens with zero attached hydrogens (tertiary/aromatic N) is 1.